The Morgan fingerprint density at radius 2 is 1.97 bits per heavy atom. The molecule has 2 heterocycles. The molecule has 0 unspecified atom stereocenters. The molecule has 1 N–H and O–H groups in total. The third-order valence-electron chi connectivity index (χ3n) is 4.76. The predicted molar refractivity (Wildman–Crippen MR) is 111 cm³/mol. The van der Waals surface area contributed by atoms with E-state index in [2.05, 4.69) is 10.4 Å². The topological polar surface area (TPSA) is 76.5 Å². The fraction of sp³-hybridized carbons (Fsp3) is 0.190. The fourth-order valence-electron chi connectivity index (χ4n) is 3.25. The van der Waals surface area contributed by atoms with Crippen molar-refractivity contribution in [2.45, 2.75) is 13.1 Å². The Kier molecular flexibility index (Phi) is 5.55. The number of amides is 2. The first-order valence-corrected chi connectivity index (χ1v) is 9.81. The molecule has 3 aromatic rings. The largest absolute Gasteiger partial charge is 0.447 e. The van der Waals surface area contributed by atoms with Crippen molar-refractivity contribution in [3.8, 4) is 5.69 Å². The second-order valence-electron chi connectivity index (χ2n) is 7.02. The number of aromatic nitrogens is 2. The molecule has 1 saturated heterocycles. The highest BCUT2D eigenvalue weighted by atomic mass is 35.5. The molecule has 11 heteroatoms. The summed E-state index contributed by atoms with van der Waals surface area (Å²) in [6, 6.07) is 10.7. The van der Waals surface area contributed by atoms with Crippen LogP contribution in [0.15, 0.2) is 48.5 Å². The maximum Gasteiger partial charge on any atom is 0.416 e. The van der Waals surface area contributed by atoms with Crippen LogP contribution in [0.1, 0.15) is 21.6 Å². The van der Waals surface area contributed by atoms with Crippen LogP contribution in [0.2, 0.25) is 5.02 Å². The molecule has 2 aromatic carbocycles. The van der Waals surface area contributed by atoms with E-state index in [1.54, 1.807) is 25.1 Å². The van der Waals surface area contributed by atoms with Gasteiger partial charge in [0.15, 0.2) is 0 Å². The van der Waals surface area contributed by atoms with Gasteiger partial charge in [0.1, 0.15) is 12.4 Å². The molecule has 32 heavy (non-hydrogen) atoms. The number of aryl methyl sites for hydroxylation is 1. The van der Waals surface area contributed by atoms with Crippen LogP contribution in [-0.2, 0) is 10.9 Å². The highest BCUT2D eigenvalue weighted by molar-refractivity contribution is 6.32. The Balaban J connectivity index is 1.65. The summed E-state index contributed by atoms with van der Waals surface area (Å²) in [6.45, 7) is 2.25. The molecule has 1 fully saturated rings. The summed E-state index contributed by atoms with van der Waals surface area (Å²) in [7, 11) is 0. The van der Waals surface area contributed by atoms with Crippen molar-refractivity contribution in [1.82, 2.24) is 9.78 Å². The van der Waals surface area contributed by atoms with Crippen LogP contribution in [0.4, 0.5) is 29.5 Å². The number of anilines is 2. The van der Waals surface area contributed by atoms with Crippen molar-refractivity contribution < 1.29 is 27.5 Å². The Labute approximate surface area is 185 Å². The minimum Gasteiger partial charge on any atom is -0.447 e. The van der Waals surface area contributed by atoms with Gasteiger partial charge < -0.3 is 10.1 Å². The zero-order valence-electron chi connectivity index (χ0n) is 16.6. The second kappa shape index (κ2) is 8.19. The minimum atomic E-state index is -4.57. The second-order valence-corrected chi connectivity index (χ2v) is 7.42. The number of halogens is 4. The maximum atomic E-state index is 13.2. The zero-order chi connectivity index (χ0) is 23.0. The lowest BCUT2D eigenvalue weighted by Crippen LogP contribution is -2.24. The highest BCUT2D eigenvalue weighted by Crippen LogP contribution is 2.34. The number of cyclic esters (lactones) is 1. The quantitative estimate of drug-likeness (QED) is 0.585. The van der Waals surface area contributed by atoms with Gasteiger partial charge in [-0.1, -0.05) is 17.7 Å². The molecule has 0 spiro atoms. The van der Waals surface area contributed by atoms with Crippen LogP contribution in [0.3, 0.4) is 0 Å². The van der Waals surface area contributed by atoms with E-state index in [4.69, 9.17) is 16.3 Å². The summed E-state index contributed by atoms with van der Waals surface area (Å²) in [6.07, 6.45) is -5.07. The minimum absolute atomic E-state index is 0.0292. The summed E-state index contributed by atoms with van der Waals surface area (Å²) in [4.78, 5) is 26.0. The zero-order valence-corrected chi connectivity index (χ0v) is 17.4. The Morgan fingerprint density at radius 3 is 2.66 bits per heavy atom. The normalized spacial score (nSPS) is 13.9. The number of carbonyl (C=O) groups excluding carboxylic acids is 2. The number of carbonyl (C=O) groups is 2. The van der Waals surface area contributed by atoms with Gasteiger partial charge in [-0.3, -0.25) is 9.69 Å². The van der Waals surface area contributed by atoms with Crippen molar-refractivity contribution in [2.24, 2.45) is 0 Å². The van der Waals surface area contributed by atoms with Crippen molar-refractivity contribution in [3.63, 3.8) is 0 Å². The first-order valence-electron chi connectivity index (χ1n) is 9.43. The predicted octanol–water partition coefficient (Wildman–Crippen LogP) is 5.06. The van der Waals surface area contributed by atoms with Gasteiger partial charge in [0.05, 0.1) is 28.5 Å². The molecule has 1 aliphatic heterocycles. The monoisotopic (exact) mass is 464 g/mol. The van der Waals surface area contributed by atoms with Gasteiger partial charge in [-0.2, -0.15) is 18.3 Å². The summed E-state index contributed by atoms with van der Waals surface area (Å²) < 4.78 is 45.6. The third-order valence-corrected chi connectivity index (χ3v) is 5.08. The van der Waals surface area contributed by atoms with Crippen molar-refractivity contribution in [3.05, 3.63) is 70.4 Å². The summed E-state index contributed by atoms with van der Waals surface area (Å²) >= 11 is 6.13. The standard InChI is InChI=1S/C21H16ClF3N4O3/c1-12-9-18(29(27-12)17-11-14(21(23,24)25)5-6-16(17)22)26-19(30)13-3-2-4-15(10-13)28-7-8-32-20(28)31/h2-6,9-11H,7-8H2,1H3,(H,26,30). The lowest BCUT2D eigenvalue weighted by Gasteiger charge is -2.15. The Hall–Kier alpha value is -3.53. The first-order chi connectivity index (χ1) is 15.1. The van der Waals surface area contributed by atoms with Gasteiger partial charge in [-0.05, 0) is 43.3 Å². The van der Waals surface area contributed by atoms with Gasteiger partial charge >= 0.3 is 12.3 Å². The van der Waals surface area contributed by atoms with E-state index in [0.29, 0.717) is 17.9 Å². The van der Waals surface area contributed by atoms with E-state index in [9.17, 15) is 22.8 Å². The fourth-order valence-corrected chi connectivity index (χ4v) is 3.45. The number of nitrogens with one attached hydrogen (secondary N) is 1. The lowest BCUT2D eigenvalue weighted by atomic mass is 10.1. The number of hydrogen-bond donors (Lipinski definition) is 1. The van der Waals surface area contributed by atoms with Gasteiger partial charge in [-0.25, -0.2) is 9.48 Å². The van der Waals surface area contributed by atoms with Crippen LogP contribution >= 0.6 is 11.6 Å². The van der Waals surface area contributed by atoms with E-state index in [-0.39, 0.29) is 28.7 Å². The van der Waals surface area contributed by atoms with E-state index in [1.807, 2.05) is 0 Å². The molecule has 4 rings (SSSR count). The van der Waals surface area contributed by atoms with E-state index in [0.717, 1.165) is 22.9 Å². The first kappa shape index (κ1) is 21.7. The Morgan fingerprint density at radius 1 is 1.19 bits per heavy atom. The summed E-state index contributed by atoms with van der Waals surface area (Å²) in [5, 5.41) is 6.86. The molecule has 166 valence electrons. The number of ether oxygens (including phenoxy) is 1. The molecular weight excluding hydrogens is 449 g/mol. The van der Waals surface area contributed by atoms with Crippen molar-refractivity contribution in [1.29, 1.82) is 0 Å². The molecule has 1 aromatic heterocycles. The van der Waals surface area contributed by atoms with Crippen LogP contribution < -0.4 is 10.2 Å². The number of hydrogen-bond acceptors (Lipinski definition) is 4. The van der Waals surface area contributed by atoms with Gasteiger partial charge in [0.2, 0.25) is 0 Å². The number of benzene rings is 2. The van der Waals surface area contributed by atoms with E-state index < -0.39 is 23.7 Å². The number of nitrogens with zero attached hydrogens (tertiary/aromatic N) is 3. The van der Waals surface area contributed by atoms with E-state index in [1.165, 1.54) is 17.0 Å². The van der Waals surface area contributed by atoms with Crippen LogP contribution in [0.5, 0.6) is 0 Å². The summed E-state index contributed by atoms with van der Waals surface area (Å²) in [5.41, 5.74) is 0.266. The van der Waals surface area contributed by atoms with Gasteiger partial charge in [-0.15, -0.1) is 0 Å². The van der Waals surface area contributed by atoms with Crippen LogP contribution in [-0.4, -0.2) is 34.9 Å². The number of alkyl halides is 3. The lowest BCUT2D eigenvalue weighted by molar-refractivity contribution is -0.137. The molecule has 0 saturated carbocycles. The molecule has 2 amide bonds. The Bertz CT molecular complexity index is 1210. The third kappa shape index (κ3) is 4.26. The average Bonchev–Trinajstić information content (AvgIpc) is 3.32. The molecular formula is C21H16ClF3N4O3. The van der Waals surface area contributed by atoms with Gasteiger partial charge in [0, 0.05) is 17.3 Å². The molecule has 0 aliphatic carbocycles. The summed E-state index contributed by atoms with van der Waals surface area (Å²) in [5.74, 6) is -0.400. The molecule has 0 atom stereocenters. The van der Waals surface area contributed by atoms with Gasteiger partial charge in [0.25, 0.3) is 5.91 Å². The van der Waals surface area contributed by atoms with Crippen LogP contribution in [0, 0.1) is 6.92 Å². The van der Waals surface area contributed by atoms with E-state index >= 15 is 0 Å². The highest BCUT2D eigenvalue weighted by Gasteiger charge is 2.31. The van der Waals surface area contributed by atoms with Crippen molar-refractivity contribution >= 4 is 35.1 Å². The number of rotatable bonds is 4. The van der Waals surface area contributed by atoms with Crippen LogP contribution in [0.25, 0.3) is 5.69 Å². The molecule has 0 radical (unpaired) electrons. The molecule has 0 bridgehead atoms. The maximum absolute atomic E-state index is 13.2. The van der Waals surface area contributed by atoms with Crippen molar-refractivity contribution in [2.75, 3.05) is 23.4 Å². The average molecular weight is 465 g/mol. The molecule has 7 nitrogen and oxygen atoms in total. The smallest absolute Gasteiger partial charge is 0.416 e. The SMILES string of the molecule is Cc1cc(NC(=O)c2cccc(N3CCOC3=O)c2)n(-c2cc(C(F)(F)F)ccc2Cl)n1. The molecule has 1 aliphatic rings.